The highest BCUT2D eigenvalue weighted by atomic mass is 35.5. The molecule has 1 saturated heterocycles. The van der Waals surface area contributed by atoms with Crippen LogP contribution in [0.1, 0.15) is 27.7 Å². The Kier molecular flexibility index (Phi) is 12.9. The number of thiophene rings is 2. The van der Waals surface area contributed by atoms with E-state index in [0.717, 1.165) is 33.7 Å². The lowest BCUT2D eigenvalue weighted by molar-refractivity contribution is 0.00578. The highest BCUT2D eigenvalue weighted by Gasteiger charge is 2.51. The van der Waals surface area contributed by atoms with Gasteiger partial charge in [-0.3, -0.25) is 0 Å². The van der Waals surface area contributed by atoms with Crippen molar-refractivity contribution in [1.82, 2.24) is 9.97 Å². The fraction of sp³-hybridized carbons (Fsp3) is 0.0789. The van der Waals surface area contributed by atoms with Crippen molar-refractivity contribution < 1.29 is 9.31 Å². The molecule has 17 rings (SSSR count). The number of aromatic nitrogens is 2. The molecule has 16 aromatic rings. The Balaban J connectivity index is 0.000000113. The SMILES string of the molecule is CC1(C)OB(c2ccc3c4ccccc4c4ccccc4c3c2)OC1(C)C.Clc1cccc(-c2cccc3c2sc2ccccc23)n1.c1cc(-c2ccc3c4ccccc4c4ccccc4c3c2)nc(-c2cccc3c2sc2ccccc23)c1. The zero-order valence-corrected chi connectivity index (χ0v) is 49.1. The minimum absolute atomic E-state index is 0.335. The fourth-order valence-corrected chi connectivity index (χ4v) is 14.9. The van der Waals surface area contributed by atoms with Gasteiger partial charge in [-0.05, 0) is 140 Å². The average Bonchev–Trinajstić information content (AvgIpc) is 3.80. The number of pyridine rings is 2. The lowest BCUT2D eigenvalue weighted by atomic mass is 9.77. The van der Waals surface area contributed by atoms with Gasteiger partial charge >= 0.3 is 7.12 Å². The van der Waals surface area contributed by atoms with Crippen LogP contribution in [0.15, 0.2) is 255 Å². The van der Waals surface area contributed by atoms with E-state index in [-0.39, 0.29) is 18.3 Å². The molecule has 0 unspecified atom stereocenters. The Labute approximate surface area is 500 Å². The standard InChI is InChI=1S/C35H21NS.C24H23BO2.C17H10ClNS/c1-2-11-25-23(9-1)24-10-3-4-12-26(24)31-21-22(19-20-27(25)31)32-16-8-17-33(36-32)30-15-7-14-29-28-13-5-6-18-34(28)37-35(29)30;1-23(2)24(3,4)27-25(26-23)16-13-14-21-19-11-6-5-9-17(19)18-10-7-8-12-20(18)22(21)15-16;18-16-10-4-8-14(19-16)13-7-3-6-12-11-5-1-2-9-15(11)20-17(12)13/h1-21H;5-15H,1-4H3;1-10H. The maximum absolute atomic E-state index is 6.28. The summed E-state index contributed by atoms with van der Waals surface area (Å²) < 4.78 is 17.7. The van der Waals surface area contributed by atoms with Crippen LogP contribution in [-0.2, 0) is 9.31 Å². The van der Waals surface area contributed by atoms with E-state index in [0.29, 0.717) is 5.15 Å². The molecule has 84 heavy (non-hydrogen) atoms. The van der Waals surface area contributed by atoms with Crippen molar-refractivity contribution in [2.24, 2.45) is 0 Å². The molecular weight excluding hydrogens is 1080 g/mol. The summed E-state index contributed by atoms with van der Waals surface area (Å²) in [7, 11) is -0.343. The monoisotopic (exact) mass is 1140 g/mol. The molecule has 8 heteroatoms. The number of halogens is 1. The first-order valence-corrected chi connectivity index (χ1v) is 30.5. The van der Waals surface area contributed by atoms with Gasteiger partial charge in [0.2, 0.25) is 0 Å². The first-order chi connectivity index (χ1) is 41.0. The largest absolute Gasteiger partial charge is 0.494 e. The summed E-state index contributed by atoms with van der Waals surface area (Å²) in [6.45, 7) is 8.38. The Morgan fingerprint density at radius 1 is 0.321 bits per heavy atom. The van der Waals surface area contributed by atoms with Crippen LogP contribution in [0, 0.1) is 0 Å². The van der Waals surface area contributed by atoms with E-state index in [9.17, 15) is 0 Å². The number of nitrogens with zero attached hydrogens (tertiary/aromatic N) is 2. The van der Waals surface area contributed by atoms with Crippen LogP contribution in [0.5, 0.6) is 0 Å². The average molecular weight is 1140 g/mol. The zero-order chi connectivity index (χ0) is 56.7. The predicted octanol–water partition coefficient (Wildman–Crippen LogP) is 21.5. The summed E-state index contributed by atoms with van der Waals surface area (Å²) in [6, 6.07) is 90.3. The van der Waals surface area contributed by atoms with Gasteiger partial charge in [0.1, 0.15) is 5.15 Å². The van der Waals surface area contributed by atoms with Crippen molar-refractivity contribution >= 4 is 152 Å². The summed E-state index contributed by atoms with van der Waals surface area (Å²) in [4.78, 5) is 9.63. The second-order valence-corrected chi connectivity index (χ2v) is 25.1. The quantitative estimate of drug-likeness (QED) is 0.100. The summed E-state index contributed by atoms with van der Waals surface area (Å²) >= 11 is 9.67. The number of benzene rings is 12. The minimum Gasteiger partial charge on any atom is -0.399 e. The number of fused-ring (bicyclic) bond motifs is 18. The van der Waals surface area contributed by atoms with Gasteiger partial charge in [-0.15, -0.1) is 22.7 Å². The van der Waals surface area contributed by atoms with Gasteiger partial charge in [-0.25, -0.2) is 9.97 Å². The van der Waals surface area contributed by atoms with Crippen LogP contribution in [-0.4, -0.2) is 28.3 Å². The van der Waals surface area contributed by atoms with Crippen LogP contribution in [0.3, 0.4) is 0 Å². The van der Waals surface area contributed by atoms with Gasteiger partial charge in [0.05, 0.1) is 28.3 Å². The summed E-state index contributed by atoms with van der Waals surface area (Å²) in [5.74, 6) is 0. The van der Waals surface area contributed by atoms with Gasteiger partial charge in [0.25, 0.3) is 0 Å². The van der Waals surface area contributed by atoms with Crippen LogP contribution in [0.25, 0.3) is 139 Å². The first-order valence-electron chi connectivity index (χ1n) is 28.5. The van der Waals surface area contributed by atoms with Crippen molar-refractivity contribution in [3.05, 3.63) is 260 Å². The van der Waals surface area contributed by atoms with Crippen LogP contribution < -0.4 is 5.46 Å². The van der Waals surface area contributed by atoms with Gasteiger partial charge < -0.3 is 9.31 Å². The highest BCUT2D eigenvalue weighted by Crippen LogP contribution is 2.43. The van der Waals surface area contributed by atoms with Gasteiger partial charge in [0, 0.05) is 57.0 Å². The molecule has 0 atom stereocenters. The molecule has 1 aliphatic heterocycles. The van der Waals surface area contributed by atoms with Crippen LogP contribution in [0.4, 0.5) is 0 Å². The summed E-state index contributed by atoms with van der Waals surface area (Å²) in [5.41, 5.74) is 6.81. The second-order valence-electron chi connectivity index (χ2n) is 22.7. The Hall–Kier alpha value is -8.79. The summed E-state index contributed by atoms with van der Waals surface area (Å²) in [6.07, 6.45) is 0. The smallest absolute Gasteiger partial charge is 0.399 e. The molecule has 0 saturated carbocycles. The van der Waals surface area contributed by atoms with E-state index in [4.69, 9.17) is 25.9 Å². The number of rotatable bonds is 4. The maximum Gasteiger partial charge on any atom is 0.494 e. The second kappa shape index (κ2) is 20.8. The van der Waals surface area contributed by atoms with Crippen LogP contribution >= 0.6 is 34.3 Å². The summed E-state index contributed by atoms with van der Waals surface area (Å²) in [5, 5.41) is 21.1. The molecule has 4 aromatic heterocycles. The van der Waals surface area contributed by atoms with Gasteiger partial charge in [0.15, 0.2) is 0 Å². The Bertz CT molecular complexity index is 5190. The minimum atomic E-state index is -0.343. The van der Waals surface area contributed by atoms with E-state index in [1.807, 2.05) is 23.5 Å². The molecule has 0 aliphatic carbocycles. The van der Waals surface area contributed by atoms with Crippen molar-refractivity contribution in [1.29, 1.82) is 0 Å². The molecule has 0 radical (unpaired) electrons. The van der Waals surface area contributed by atoms with Crippen molar-refractivity contribution in [3.63, 3.8) is 0 Å². The molecule has 1 aliphatic rings. The van der Waals surface area contributed by atoms with E-state index >= 15 is 0 Å². The molecular formula is C76H54BClN2O2S2. The van der Waals surface area contributed by atoms with E-state index < -0.39 is 0 Å². The van der Waals surface area contributed by atoms with Gasteiger partial charge in [-0.2, -0.15) is 0 Å². The fourth-order valence-electron chi connectivity index (χ4n) is 12.3. The third-order valence-corrected chi connectivity index (χ3v) is 19.8. The normalized spacial score (nSPS) is 13.8. The number of hydrogen-bond donors (Lipinski definition) is 0. The molecule has 0 N–H and O–H groups in total. The Morgan fingerprint density at radius 2 is 0.679 bits per heavy atom. The molecule has 12 aromatic carbocycles. The molecule has 1 fully saturated rings. The third kappa shape index (κ3) is 8.98. The van der Waals surface area contributed by atoms with E-state index in [1.54, 1.807) is 17.4 Å². The molecule has 402 valence electrons. The lowest BCUT2D eigenvalue weighted by Crippen LogP contribution is -2.41. The molecule has 5 heterocycles. The molecule has 0 bridgehead atoms. The number of hydrogen-bond acceptors (Lipinski definition) is 6. The van der Waals surface area contributed by atoms with E-state index in [2.05, 4.69) is 269 Å². The van der Waals surface area contributed by atoms with Crippen LogP contribution in [0.2, 0.25) is 5.15 Å². The van der Waals surface area contributed by atoms with Crippen molar-refractivity contribution in [2.75, 3.05) is 0 Å². The van der Waals surface area contributed by atoms with Gasteiger partial charge in [-0.1, -0.05) is 224 Å². The molecule has 0 amide bonds. The first kappa shape index (κ1) is 52.0. The predicted molar refractivity (Wildman–Crippen MR) is 363 cm³/mol. The van der Waals surface area contributed by atoms with E-state index in [1.165, 1.54) is 111 Å². The van der Waals surface area contributed by atoms with Crippen molar-refractivity contribution in [2.45, 2.75) is 38.9 Å². The van der Waals surface area contributed by atoms with Crippen molar-refractivity contribution in [3.8, 4) is 33.8 Å². The lowest BCUT2D eigenvalue weighted by Gasteiger charge is -2.32. The zero-order valence-electron chi connectivity index (χ0n) is 46.7. The Morgan fingerprint density at radius 3 is 1.15 bits per heavy atom. The molecule has 0 spiro atoms. The highest BCUT2D eigenvalue weighted by molar-refractivity contribution is 7.26. The topological polar surface area (TPSA) is 44.2 Å². The molecule has 4 nitrogen and oxygen atoms in total. The maximum atomic E-state index is 6.28. The third-order valence-electron chi connectivity index (χ3n) is 17.2.